The highest BCUT2D eigenvalue weighted by Crippen LogP contribution is 2.76. The molecule has 0 aromatic carbocycles. The molecule has 12 rings (SSSR count). The topological polar surface area (TPSA) is 531 Å². The van der Waals surface area contributed by atoms with Crippen LogP contribution in [0.15, 0.2) is 11.6 Å². The fourth-order valence-corrected chi connectivity index (χ4v) is 20.1. The summed E-state index contributed by atoms with van der Waals surface area (Å²) < 4.78 is 85.6. The molecule has 0 aromatic heterocycles. The van der Waals surface area contributed by atoms with Crippen molar-refractivity contribution in [2.45, 2.75) is 304 Å². The van der Waals surface area contributed by atoms with Crippen molar-refractivity contribution in [3.63, 3.8) is 0 Å². The minimum absolute atomic E-state index is 0.000752. The van der Waals surface area contributed by atoms with Crippen LogP contribution in [0.4, 0.5) is 0 Å². The molecule has 7 saturated heterocycles. The van der Waals surface area contributed by atoms with Gasteiger partial charge in [0.2, 0.25) is 6.29 Å². The van der Waals surface area contributed by atoms with E-state index in [4.69, 9.17) is 66.3 Å². The SMILES string of the molecule is C[C@@H]1O[C@H](O[C@@H]2[C@@H](OC3OCC(C)(CO)C3O)[C@H](O[C@H]3[C@H](O[C@H]4[C@H](OC(=O)[C@]56CCC(C)(C)C[C@H]5C5=CC[C@@H]7[C@@]8(C)C[C@H](O)[C@H](O[C@@H]9O[C@H](CO)[C@@H](O)[C@H](O)[C@H]9O[C@@H]9OC[C@](O)(CO)[C@H]9O)[C@@](C)(CO)[C@@H]8[C@H](O)C[C@@]7(C)[C@]5(C)CC6)OC[C@H](O)[C@@H]4O)O[C@@H](C)[C@H](O)[C@H]3O)OC[C@H]2O)[C@H](O)[C@H](O)[C@H]1O. The second-order valence-corrected chi connectivity index (χ2v) is 33.9. The van der Waals surface area contributed by atoms with Gasteiger partial charge in [-0.25, -0.2) is 0 Å². The van der Waals surface area contributed by atoms with Gasteiger partial charge in [-0.2, -0.15) is 0 Å². The molecule has 19 N–H and O–H groups in total. The van der Waals surface area contributed by atoms with E-state index in [1.165, 1.54) is 20.8 Å². The highest BCUT2D eigenvalue weighted by molar-refractivity contribution is 5.79. The Hall–Kier alpha value is -2.07. The van der Waals surface area contributed by atoms with Crippen molar-refractivity contribution in [3.05, 3.63) is 11.6 Å². The number of carbonyl (C=O) groups is 1. The number of carbonyl (C=O) groups excluding carboxylic acids is 1. The molecule has 0 bridgehead atoms. The lowest BCUT2D eigenvalue weighted by atomic mass is 9.33. The lowest BCUT2D eigenvalue weighted by Gasteiger charge is -2.72. The lowest BCUT2D eigenvalue weighted by molar-refractivity contribution is -0.396. The molecule has 11 fully saturated rings. The minimum atomic E-state index is -2.15. The molecule has 0 spiro atoms. The molecule has 34 nitrogen and oxygen atoms in total. The monoisotopic (exact) mass is 1480 g/mol. The van der Waals surface area contributed by atoms with Gasteiger partial charge in [-0.15, -0.1) is 0 Å². The smallest absolute Gasteiger partial charge is 0.315 e. The fraction of sp³-hybridized carbons (Fsp3) is 0.957. The highest BCUT2D eigenvalue weighted by atomic mass is 16.8. The number of hydrogen-bond donors (Lipinski definition) is 19. The number of rotatable bonds is 18. The summed E-state index contributed by atoms with van der Waals surface area (Å²) in [6, 6.07) is 0. The highest BCUT2D eigenvalue weighted by Gasteiger charge is 2.74. The molecule has 5 aliphatic carbocycles. The summed E-state index contributed by atoms with van der Waals surface area (Å²) in [6.45, 7) is 11.6. The average Bonchev–Trinajstić information content (AvgIpc) is 1.06. The Morgan fingerprint density at radius 1 is 0.495 bits per heavy atom. The van der Waals surface area contributed by atoms with E-state index in [0.29, 0.717) is 32.1 Å². The van der Waals surface area contributed by atoms with Crippen LogP contribution >= 0.6 is 0 Å². The normalized spacial score (nSPS) is 55.8. The quantitative estimate of drug-likeness (QED) is 0.0345. The Bertz CT molecular complexity index is 2970. The Kier molecular flexibility index (Phi) is 23.1. The first kappa shape index (κ1) is 80.4. The molecule has 7 aliphatic heterocycles. The average molecular weight is 1490 g/mol. The fourth-order valence-electron chi connectivity index (χ4n) is 20.1. The second kappa shape index (κ2) is 29.5. The van der Waals surface area contributed by atoms with Gasteiger partial charge in [0, 0.05) is 16.7 Å². The van der Waals surface area contributed by atoms with E-state index in [0.717, 1.165) is 5.57 Å². The number of ether oxygens (including phenoxy) is 14. The number of esters is 1. The van der Waals surface area contributed by atoms with Gasteiger partial charge in [-0.1, -0.05) is 60.1 Å². The summed E-state index contributed by atoms with van der Waals surface area (Å²) in [7, 11) is 0. The third kappa shape index (κ3) is 13.6. The van der Waals surface area contributed by atoms with Crippen molar-refractivity contribution in [1.29, 1.82) is 0 Å². The van der Waals surface area contributed by atoms with Crippen molar-refractivity contribution in [1.82, 2.24) is 0 Å². The van der Waals surface area contributed by atoms with Crippen LogP contribution in [0.2, 0.25) is 0 Å². The van der Waals surface area contributed by atoms with Crippen LogP contribution in [0.1, 0.15) is 114 Å². The van der Waals surface area contributed by atoms with Crippen molar-refractivity contribution < 1.29 is 168 Å². The molecular weight excluding hydrogens is 1370 g/mol. The molecule has 4 saturated carbocycles. The summed E-state index contributed by atoms with van der Waals surface area (Å²) in [5, 5.41) is 214. The minimum Gasteiger partial charge on any atom is -0.432 e. The molecule has 3 unspecified atom stereocenters. The largest absolute Gasteiger partial charge is 0.432 e. The summed E-state index contributed by atoms with van der Waals surface area (Å²) in [6.07, 6.45) is -45.2. The zero-order valence-corrected chi connectivity index (χ0v) is 59.6. The van der Waals surface area contributed by atoms with E-state index >= 15 is 4.79 Å². The lowest BCUT2D eigenvalue weighted by Crippen LogP contribution is -2.72. The van der Waals surface area contributed by atoms with Gasteiger partial charge in [-0.3, -0.25) is 4.79 Å². The van der Waals surface area contributed by atoms with Crippen LogP contribution in [-0.2, 0) is 71.1 Å². The molecular formula is C69H112O34. The summed E-state index contributed by atoms with van der Waals surface area (Å²) in [4.78, 5) is 15.8. The van der Waals surface area contributed by atoms with Crippen molar-refractivity contribution in [2.24, 2.45) is 55.7 Å². The number of aliphatic hydroxyl groups excluding tert-OH is 18. The maximum absolute atomic E-state index is 15.8. The maximum Gasteiger partial charge on any atom is 0.315 e. The van der Waals surface area contributed by atoms with E-state index in [2.05, 4.69) is 33.8 Å². The molecule has 12 aliphatic rings. The number of fused-ring (bicyclic) bond motifs is 7. The zero-order chi connectivity index (χ0) is 75.1. The zero-order valence-electron chi connectivity index (χ0n) is 59.6. The van der Waals surface area contributed by atoms with Gasteiger partial charge >= 0.3 is 5.97 Å². The van der Waals surface area contributed by atoms with Crippen molar-refractivity contribution >= 4 is 5.97 Å². The summed E-state index contributed by atoms with van der Waals surface area (Å²) >= 11 is 0. The first-order chi connectivity index (χ1) is 48.3. The van der Waals surface area contributed by atoms with Gasteiger partial charge in [0.05, 0.1) is 88.8 Å². The Labute approximate surface area is 596 Å². The van der Waals surface area contributed by atoms with Crippen LogP contribution in [0.3, 0.4) is 0 Å². The molecule has 0 amide bonds. The van der Waals surface area contributed by atoms with E-state index in [-0.39, 0.29) is 37.2 Å². The molecule has 0 radical (unpaired) electrons. The molecule has 103 heavy (non-hydrogen) atoms. The summed E-state index contributed by atoms with van der Waals surface area (Å²) in [5.41, 5.74) is -8.00. The van der Waals surface area contributed by atoms with Crippen molar-refractivity contribution in [3.8, 4) is 0 Å². The van der Waals surface area contributed by atoms with Crippen molar-refractivity contribution in [2.75, 3.05) is 52.9 Å². The van der Waals surface area contributed by atoms with Gasteiger partial charge in [0.15, 0.2) is 43.8 Å². The second-order valence-electron chi connectivity index (χ2n) is 33.9. The van der Waals surface area contributed by atoms with Crippen LogP contribution in [0.25, 0.3) is 0 Å². The van der Waals surface area contributed by atoms with Gasteiger partial charge in [-0.05, 0) is 98.7 Å². The predicted octanol–water partition coefficient (Wildman–Crippen LogP) is -5.76. The van der Waals surface area contributed by atoms with Crippen LogP contribution in [0.5, 0.6) is 0 Å². The van der Waals surface area contributed by atoms with Gasteiger partial charge in [0.25, 0.3) is 0 Å². The standard InChI is InChI=1S/C69H112O34/c1-27-37(78)41(82)44(85)54(94-27)97-45-34(77)21-91-56(49(45)101-59-51(86)63(5,22-71)25-92-59)98-47-42(83)38(79)28(2)95-57(47)99-46-39(80)33(76)20-90-55(46)103-61(88)68-14-12-62(3,4)16-30(68)29-10-11-36-64(6)17-32(75)53(65(7,23-72)50(64)31(74)18-67(36,9)66(29,8)13-15-68)102-58-48(43(84)40(81)35(19-70)96-58)100-60-52(87)69(89,24-73)26-93-60/h10,27-28,30-60,70-87,89H,11-26H2,1-9H3/t27-,28-,30-,31+,32-,33-,34+,35+,36+,37-,38-,39-,40+,41+,42+,43-,44+,45-,46+,47+,48+,49+,50+,51?,52-,53-,54+,55-,56-,57-,58-,59?,60-,63?,64+,65-,66+,67+,68-,69+/m0/s1. The Morgan fingerprint density at radius 3 is 1.70 bits per heavy atom. The molecule has 34 heteroatoms. The third-order valence-electron chi connectivity index (χ3n) is 26.7. The number of aliphatic hydroxyl groups is 19. The van der Waals surface area contributed by atoms with Crippen LogP contribution < -0.4 is 0 Å². The van der Waals surface area contributed by atoms with Crippen LogP contribution in [0, 0.1) is 55.7 Å². The summed E-state index contributed by atoms with van der Waals surface area (Å²) in [5.74, 6) is -2.31. The Balaban J connectivity index is 0.803. The first-order valence-electron chi connectivity index (χ1n) is 36.2. The number of allylic oxidation sites excluding steroid dienone is 2. The first-order valence-corrected chi connectivity index (χ1v) is 36.2. The number of hydrogen-bond acceptors (Lipinski definition) is 34. The van der Waals surface area contributed by atoms with E-state index in [1.54, 1.807) is 6.92 Å². The molecule has 0 aromatic rings. The predicted molar refractivity (Wildman–Crippen MR) is 341 cm³/mol. The van der Waals surface area contributed by atoms with E-state index < -0.39 is 287 Å². The van der Waals surface area contributed by atoms with Gasteiger partial charge < -0.3 is 163 Å². The molecule has 7 heterocycles. The van der Waals surface area contributed by atoms with Crippen LogP contribution in [-0.4, -0.2) is 346 Å². The van der Waals surface area contributed by atoms with E-state index in [9.17, 15) is 97.0 Å². The van der Waals surface area contributed by atoms with Gasteiger partial charge in [0.1, 0.15) is 109 Å². The third-order valence-corrected chi connectivity index (χ3v) is 26.7. The Morgan fingerprint density at radius 2 is 1.06 bits per heavy atom. The van der Waals surface area contributed by atoms with E-state index in [1.807, 2.05) is 6.92 Å². The molecule has 592 valence electrons. The molecule has 40 atom stereocenters. The maximum atomic E-state index is 15.8.